The Morgan fingerprint density at radius 2 is 2.11 bits per heavy atom. The molecular formula is C13H17N3O2. The quantitative estimate of drug-likeness (QED) is 0.528. The van der Waals surface area contributed by atoms with Gasteiger partial charge in [-0.25, -0.2) is 4.98 Å². The molecular weight excluding hydrogens is 230 g/mol. The van der Waals surface area contributed by atoms with E-state index < -0.39 is 0 Å². The van der Waals surface area contributed by atoms with Crippen molar-refractivity contribution in [2.45, 2.75) is 0 Å². The topological polar surface area (TPSA) is 80.4 Å². The molecule has 1 heterocycles. The molecule has 0 spiro atoms. The Morgan fingerprint density at radius 3 is 2.94 bits per heavy atom. The van der Waals surface area contributed by atoms with E-state index in [4.69, 9.17) is 15.6 Å². The predicted octanol–water partition coefficient (Wildman–Crippen LogP) is 1.24. The third-order valence-electron chi connectivity index (χ3n) is 2.61. The Labute approximate surface area is 106 Å². The van der Waals surface area contributed by atoms with Gasteiger partial charge < -0.3 is 20.9 Å². The highest BCUT2D eigenvalue weighted by Gasteiger charge is 2.03. The predicted molar refractivity (Wildman–Crippen MR) is 72.5 cm³/mol. The first kappa shape index (κ1) is 12.6. The highest BCUT2D eigenvalue weighted by molar-refractivity contribution is 5.99. The monoisotopic (exact) mass is 247 g/mol. The van der Waals surface area contributed by atoms with E-state index >= 15 is 0 Å². The third kappa shape index (κ3) is 2.88. The van der Waals surface area contributed by atoms with Crippen LogP contribution >= 0.6 is 0 Å². The van der Waals surface area contributed by atoms with Gasteiger partial charge in [0.05, 0.1) is 19.8 Å². The number of pyridine rings is 1. The second-order valence-corrected chi connectivity index (χ2v) is 3.86. The van der Waals surface area contributed by atoms with E-state index in [0.717, 1.165) is 22.3 Å². The largest absolute Gasteiger partial charge is 0.398 e. The summed E-state index contributed by atoms with van der Waals surface area (Å²) in [6.07, 6.45) is 1.73. The van der Waals surface area contributed by atoms with E-state index in [2.05, 4.69) is 10.3 Å². The normalized spacial score (nSPS) is 10.7. The number of ether oxygens (including phenoxy) is 1. The van der Waals surface area contributed by atoms with Crippen LogP contribution in [-0.4, -0.2) is 36.5 Å². The lowest BCUT2D eigenvalue weighted by molar-refractivity contribution is 0.0992. The van der Waals surface area contributed by atoms with Gasteiger partial charge in [-0.1, -0.05) is 12.1 Å². The number of benzene rings is 1. The van der Waals surface area contributed by atoms with Gasteiger partial charge in [0.2, 0.25) is 0 Å². The molecule has 0 aliphatic carbocycles. The summed E-state index contributed by atoms with van der Waals surface area (Å²) in [5.41, 5.74) is 6.66. The number of aliphatic hydroxyl groups is 1. The molecule has 0 aliphatic heterocycles. The van der Waals surface area contributed by atoms with Gasteiger partial charge >= 0.3 is 0 Å². The average molecular weight is 247 g/mol. The molecule has 5 nitrogen and oxygen atoms in total. The molecule has 0 saturated carbocycles. The molecule has 0 saturated heterocycles. The summed E-state index contributed by atoms with van der Waals surface area (Å²) in [5, 5.41) is 13.8. The Balaban J connectivity index is 2.07. The Bertz CT molecular complexity index is 517. The maximum absolute atomic E-state index is 8.58. The van der Waals surface area contributed by atoms with Gasteiger partial charge in [-0.3, -0.25) is 0 Å². The lowest BCUT2D eigenvalue weighted by Crippen LogP contribution is -2.12. The molecule has 0 bridgehead atoms. The first-order chi connectivity index (χ1) is 8.83. The molecule has 1 aromatic carbocycles. The Hall–Kier alpha value is -1.85. The van der Waals surface area contributed by atoms with Crippen LogP contribution < -0.4 is 11.1 Å². The van der Waals surface area contributed by atoms with Crippen molar-refractivity contribution in [3.05, 3.63) is 30.5 Å². The van der Waals surface area contributed by atoms with Crippen molar-refractivity contribution >= 4 is 22.3 Å². The minimum atomic E-state index is 0.0447. The van der Waals surface area contributed by atoms with Gasteiger partial charge in [0.1, 0.15) is 5.82 Å². The number of hydrogen-bond acceptors (Lipinski definition) is 5. The summed E-state index contributed by atoms with van der Waals surface area (Å²) in [6, 6.07) is 7.66. The lowest BCUT2D eigenvalue weighted by Gasteiger charge is -2.09. The third-order valence-corrected chi connectivity index (χ3v) is 2.61. The van der Waals surface area contributed by atoms with E-state index in [0.29, 0.717) is 19.8 Å². The van der Waals surface area contributed by atoms with Gasteiger partial charge in [0.25, 0.3) is 0 Å². The van der Waals surface area contributed by atoms with Crippen LogP contribution in [0.1, 0.15) is 0 Å². The average Bonchev–Trinajstić information content (AvgIpc) is 2.39. The summed E-state index contributed by atoms with van der Waals surface area (Å²) in [7, 11) is 0. The second kappa shape index (κ2) is 6.18. The summed E-state index contributed by atoms with van der Waals surface area (Å²) >= 11 is 0. The zero-order chi connectivity index (χ0) is 12.8. The van der Waals surface area contributed by atoms with Crippen molar-refractivity contribution in [2.75, 3.05) is 37.4 Å². The fourth-order valence-electron chi connectivity index (χ4n) is 1.78. The second-order valence-electron chi connectivity index (χ2n) is 3.86. The molecule has 0 fully saturated rings. The van der Waals surface area contributed by atoms with Crippen LogP contribution in [0, 0.1) is 0 Å². The number of aliphatic hydroxyl groups excluding tert-OH is 1. The van der Waals surface area contributed by atoms with Crippen molar-refractivity contribution in [3.8, 4) is 0 Å². The lowest BCUT2D eigenvalue weighted by atomic mass is 10.1. The molecule has 0 amide bonds. The number of hydrogen-bond donors (Lipinski definition) is 3. The number of nitrogens with two attached hydrogens (primary N) is 1. The van der Waals surface area contributed by atoms with Gasteiger partial charge in [-0.2, -0.15) is 0 Å². The van der Waals surface area contributed by atoms with Crippen LogP contribution in [0.3, 0.4) is 0 Å². The van der Waals surface area contributed by atoms with Crippen molar-refractivity contribution in [3.63, 3.8) is 0 Å². The molecule has 0 radical (unpaired) electrons. The van der Waals surface area contributed by atoms with Gasteiger partial charge in [-0.15, -0.1) is 0 Å². The fraction of sp³-hybridized carbons (Fsp3) is 0.308. The van der Waals surface area contributed by atoms with E-state index in [-0.39, 0.29) is 6.61 Å². The van der Waals surface area contributed by atoms with E-state index in [1.165, 1.54) is 0 Å². The van der Waals surface area contributed by atoms with E-state index in [1.807, 2.05) is 24.3 Å². The first-order valence-electron chi connectivity index (χ1n) is 5.88. The number of nitrogens with zero attached hydrogens (tertiary/aromatic N) is 1. The van der Waals surface area contributed by atoms with Gasteiger partial charge in [0, 0.05) is 29.2 Å². The number of rotatable bonds is 6. The van der Waals surface area contributed by atoms with Crippen LogP contribution in [0.4, 0.5) is 11.5 Å². The van der Waals surface area contributed by atoms with Crippen LogP contribution in [0.5, 0.6) is 0 Å². The van der Waals surface area contributed by atoms with Crippen LogP contribution in [-0.2, 0) is 4.74 Å². The summed E-state index contributed by atoms with van der Waals surface area (Å²) in [5.74, 6) is 0.799. The molecule has 96 valence electrons. The van der Waals surface area contributed by atoms with Crippen molar-refractivity contribution in [1.82, 2.24) is 4.98 Å². The standard InChI is InChI=1S/C13H17N3O2/c14-12-3-1-2-11-10(12)4-5-15-13(11)16-6-8-18-9-7-17/h1-5,17H,6-9,14H2,(H,15,16). The smallest absolute Gasteiger partial charge is 0.133 e. The Morgan fingerprint density at radius 1 is 1.22 bits per heavy atom. The first-order valence-corrected chi connectivity index (χ1v) is 5.88. The summed E-state index contributed by atoms with van der Waals surface area (Å²) in [4.78, 5) is 4.29. The molecule has 0 atom stereocenters. The van der Waals surface area contributed by atoms with E-state index in [1.54, 1.807) is 6.20 Å². The SMILES string of the molecule is Nc1cccc2c(NCCOCCO)nccc12. The molecule has 18 heavy (non-hydrogen) atoms. The molecule has 2 aromatic rings. The molecule has 0 aliphatic rings. The molecule has 0 unspecified atom stereocenters. The van der Waals surface area contributed by atoms with Gasteiger partial charge in [-0.05, 0) is 12.1 Å². The van der Waals surface area contributed by atoms with Crippen LogP contribution in [0.15, 0.2) is 30.5 Å². The summed E-state index contributed by atoms with van der Waals surface area (Å²) in [6.45, 7) is 1.57. The number of aromatic nitrogens is 1. The zero-order valence-electron chi connectivity index (χ0n) is 10.1. The minimum Gasteiger partial charge on any atom is -0.398 e. The molecule has 4 N–H and O–H groups in total. The Kier molecular flexibility index (Phi) is 4.33. The molecule has 1 aromatic heterocycles. The zero-order valence-corrected chi connectivity index (χ0v) is 10.1. The summed E-state index contributed by atoms with van der Waals surface area (Å²) < 4.78 is 5.18. The van der Waals surface area contributed by atoms with Gasteiger partial charge in [0.15, 0.2) is 0 Å². The highest BCUT2D eigenvalue weighted by atomic mass is 16.5. The number of nitrogens with one attached hydrogen (secondary N) is 1. The van der Waals surface area contributed by atoms with E-state index in [9.17, 15) is 0 Å². The minimum absolute atomic E-state index is 0.0447. The van der Waals surface area contributed by atoms with Crippen molar-refractivity contribution in [2.24, 2.45) is 0 Å². The maximum atomic E-state index is 8.58. The number of anilines is 2. The molecule has 2 rings (SSSR count). The van der Waals surface area contributed by atoms with Crippen LogP contribution in [0.25, 0.3) is 10.8 Å². The number of fused-ring (bicyclic) bond motifs is 1. The number of nitrogen functional groups attached to an aromatic ring is 1. The van der Waals surface area contributed by atoms with Crippen molar-refractivity contribution < 1.29 is 9.84 Å². The fourth-order valence-corrected chi connectivity index (χ4v) is 1.78. The van der Waals surface area contributed by atoms with Crippen LogP contribution in [0.2, 0.25) is 0 Å². The maximum Gasteiger partial charge on any atom is 0.133 e. The highest BCUT2D eigenvalue weighted by Crippen LogP contribution is 2.25. The van der Waals surface area contributed by atoms with Crippen molar-refractivity contribution in [1.29, 1.82) is 0 Å². The molecule has 5 heteroatoms.